The van der Waals surface area contributed by atoms with Crippen LogP contribution in [0.3, 0.4) is 0 Å². The van der Waals surface area contributed by atoms with Gasteiger partial charge < -0.3 is 9.47 Å². The van der Waals surface area contributed by atoms with Crippen molar-refractivity contribution in [2.75, 3.05) is 13.2 Å². The predicted molar refractivity (Wildman–Crippen MR) is 146 cm³/mol. The van der Waals surface area contributed by atoms with E-state index in [0.717, 1.165) is 0 Å². The number of carbonyl (C=O) groups excluding carboxylic acids is 14. The molecule has 21 heteroatoms. The minimum absolute atomic E-state index is 0.0382. The molecule has 0 spiro atoms. The number of esters is 1. The Morgan fingerprint density at radius 3 is 1.22 bits per heavy atom. The maximum Gasteiger partial charge on any atom is 0.534 e. The van der Waals surface area contributed by atoms with E-state index in [4.69, 9.17) is 0 Å². The Bertz CT molecular complexity index is 1420. The van der Waals surface area contributed by atoms with Crippen LogP contribution in [0.1, 0.15) is 77.0 Å². The number of carbonyl (C=O) groups is 14. The zero-order valence-corrected chi connectivity index (χ0v) is 25.6. The number of ketones is 1. The van der Waals surface area contributed by atoms with Crippen molar-refractivity contribution in [1.29, 1.82) is 0 Å². The van der Waals surface area contributed by atoms with Gasteiger partial charge in [0.1, 0.15) is 6.61 Å². The second kappa shape index (κ2) is 16.7. The lowest BCUT2D eigenvalue weighted by molar-refractivity contribution is -0.177. The molecule has 0 aromatic carbocycles. The molecule has 0 aromatic rings. The van der Waals surface area contributed by atoms with Crippen molar-refractivity contribution >= 4 is 82.9 Å². The lowest BCUT2D eigenvalue weighted by Crippen LogP contribution is -2.39. The SMILES string of the molecule is O=C(CCC(=O)N1C(=O)CCC1=O)COC(=O)CCC(=O)N1C(=O)CCC1=O.O=C(OCC(=O)N1C(=O)CCC1=O)ON1C(=O)CCC1=O. The van der Waals surface area contributed by atoms with E-state index in [0.29, 0.717) is 14.7 Å². The monoisotopic (exact) mass is 692 g/mol. The molecule has 4 aliphatic heterocycles. The molecule has 0 aliphatic carbocycles. The van der Waals surface area contributed by atoms with Gasteiger partial charge in [0.05, 0.1) is 6.42 Å². The quantitative estimate of drug-likeness (QED) is 0.165. The fourth-order valence-electron chi connectivity index (χ4n) is 4.49. The minimum Gasteiger partial charge on any atom is -0.458 e. The number of amides is 11. The van der Waals surface area contributed by atoms with Crippen molar-refractivity contribution in [3.63, 3.8) is 0 Å². The highest BCUT2D eigenvalue weighted by molar-refractivity contribution is 6.16. The summed E-state index contributed by atoms with van der Waals surface area (Å²) in [6.45, 7) is -1.55. The van der Waals surface area contributed by atoms with Gasteiger partial charge in [0.25, 0.3) is 17.7 Å². The van der Waals surface area contributed by atoms with E-state index >= 15 is 0 Å². The summed E-state index contributed by atoms with van der Waals surface area (Å²) in [6.07, 6.45) is -3.46. The molecule has 49 heavy (non-hydrogen) atoms. The van der Waals surface area contributed by atoms with Crippen LogP contribution in [0.25, 0.3) is 0 Å². The van der Waals surface area contributed by atoms with Crippen molar-refractivity contribution in [1.82, 2.24) is 19.8 Å². The number of rotatable bonds is 11. The average Bonchev–Trinajstić information content (AvgIpc) is 3.78. The highest BCUT2D eigenvalue weighted by Crippen LogP contribution is 2.16. The van der Waals surface area contributed by atoms with E-state index in [2.05, 4.69) is 14.3 Å². The number of likely N-dealkylation sites (tertiary alicyclic amines) is 3. The Balaban J connectivity index is 0.000000276. The first-order valence-electron chi connectivity index (χ1n) is 14.6. The van der Waals surface area contributed by atoms with Crippen LogP contribution in [0, 0.1) is 0 Å². The van der Waals surface area contributed by atoms with Crippen LogP contribution in [0.5, 0.6) is 0 Å². The molecule has 4 aliphatic rings. The standard InChI is InChI=1S/C17H18N2O9.C11H10N2O8/c20-10(1-2-11(21)18-12(22)3-4-13(18)23)9-28-17(27)8-7-16(26)19-14(24)5-6-15(19)25;14-6-1-2-7(15)12(6)10(18)5-20-11(19)21-13-8(16)3-4-9(13)17/h1-9H2;1-5H2. The second-order valence-corrected chi connectivity index (χ2v) is 10.5. The van der Waals surface area contributed by atoms with Gasteiger partial charge in [-0.1, -0.05) is 5.06 Å². The molecular weight excluding hydrogens is 664 g/mol. The van der Waals surface area contributed by atoms with Crippen molar-refractivity contribution in [3.8, 4) is 0 Å². The van der Waals surface area contributed by atoms with Gasteiger partial charge in [-0.3, -0.25) is 67.2 Å². The third-order valence-electron chi connectivity index (χ3n) is 6.94. The summed E-state index contributed by atoms with van der Waals surface area (Å²) in [5, 5.41) is 0.249. The molecule has 0 saturated carbocycles. The number of imide groups is 10. The van der Waals surface area contributed by atoms with Gasteiger partial charge >= 0.3 is 12.1 Å². The largest absolute Gasteiger partial charge is 0.534 e. The van der Waals surface area contributed by atoms with Crippen LogP contribution in [0.2, 0.25) is 0 Å². The number of Topliss-reactive ketones (excluding diaryl/α,β-unsaturated/α-hetero) is 1. The molecule has 0 unspecified atom stereocenters. The predicted octanol–water partition coefficient (Wildman–Crippen LogP) is -2.11. The first-order chi connectivity index (χ1) is 23.1. The van der Waals surface area contributed by atoms with Crippen LogP contribution in [-0.4, -0.2) is 116 Å². The lowest BCUT2D eigenvalue weighted by Gasteiger charge is -2.14. The van der Waals surface area contributed by atoms with Crippen molar-refractivity contribution in [2.24, 2.45) is 0 Å². The molecule has 0 atom stereocenters. The van der Waals surface area contributed by atoms with Gasteiger partial charge in [-0.15, -0.1) is 0 Å². The van der Waals surface area contributed by atoms with Crippen LogP contribution in [0.15, 0.2) is 0 Å². The van der Waals surface area contributed by atoms with Gasteiger partial charge in [-0.05, 0) is 0 Å². The van der Waals surface area contributed by atoms with Gasteiger partial charge in [0, 0.05) is 70.6 Å². The molecule has 0 radical (unpaired) electrons. The maximum atomic E-state index is 11.8. The van der Waals surface area contributed by atoms with Gasteiger partial charge in [0.15, 0.2) is 12.4 Å². The van der Waals surface area contributed by atoms with Crippen LogP contribution in [0.4, 0.5) is 4.79 Å². The van der Waals surface area contributed by atoms with E-state index in [1.54, 1.807) is 0 Å². The smallest absolute Gasteiger partial charge is 0.458 e. The van der Waals surface area contributed by atoms with E-state index in [1.807, 2.05) is 0 Å². The average molecular weight is 693 g/mol. The van der Waals surface area contributed by atoms with Crippen LogP contribution in [-0.2, 0) is 76.6 Å². The zero-order valence-electron chi connectivity index (χ0n) is 25.6. The molecule has 11 amide bonds. The summed E-state index contributed by atoms with van der Waals surface area (Å²) < 4.78 is 9.05. The second-order valence-electron chi connectivity index (χ2n) is 10.5. The molecule has 0 N–H and O–H groups in total. The Kier molecular flexibility index (Phi) is 12.8. The third-order valence-corrected chi connectivity index (χ3v) is 6.94. The van der Waals surface area contributed by atoms with Crippen molar-refractivity contribution in [2.45, 2.75) is 77.0 Å². The first kappa shape index (κ1) is 37.4. The molecule has 4 saturated heterocycles. The van der Waals surface area contributed by atoms with E-state index < -0.39 is 109 Å². The summed E-state index contributed by atoms with van der Waals surface area (Å²) in [6, 6.07) is 0. The number of ether oxygens (including phenoxy) is 2. The summed E-state index contributed by atoms with van der Waals surface area (Å²) in [5.41, 5.74) is 0. The molecule has 0 bridgehead atoms. The number of nitrogens with zero attached hydrogens (tertiary/aromatic N) is 4. The van der Waals surface area contributed by atoms with Gasteiger partial charge in [-0.2, -0.15) is 0 Å². The van der Waals surface area contributed by atoms with E-state index in [9.17, 15) is 67.1 Å². The maximum absolute atomic E-state index is 11.8. The Morgan fingerprint density at radius 1 is 0.429 bits per heavy atom. The summed E-state index contributed by atoms with van der Waals surface area (Å²) >= 11 is 0. The molecule has 0 aromatic heterocycles. The zero-order chi connectivity index (χ0) is 36.4. The Labute approximate surface area is 274 Å². The number of hydroxylamine groups is 2. The molecule has 4 rings (SSSR count). The molecular formula is C28H28N4O17. The topological polar surface area (TPSA) is 280 Å². The fraction of sp³-hybridized carbons (Fsp3) is 0.500. The third kappa shape index (κ3) is 9.98. The summed E-state index contributed by atoms with van der Waals surface area (Å²) in [4.78, 5) is 166. The highest BCUT2D eigenvalue weighted by Gasteiger charge is 2.37. The number of hydrogen-bond donors (Lipinski definition) is 0. The summed E-state index contributed by atoms with van der Waals surface area (Å²) in [5.74, 6) is -9.26. The number of hydrogen-bond acceptors (Lipinski definition) is 17. The molecule has 262 valence electrons. The highest BCUT2D eigenvalue weighted by atomic mass is 16.8. The normalized spacial score (nSPS) is 17.5. The van der Waals surface area contributed by atoms with Gasteiger partial charge in [0.2, 0.25) is 47.3 Å². The van der Waals surface area contributed by atoms with Crippen LogP contribution < -0.4 is 0 Å². The summed E-state index contributed by atoms with van der Waals surface area (Å²) in [7, 11) is 0. The Hall–Kier alpha value is -6.02. The first-order valence-corrected chi connectivity index (χ1v) is 14.6. The van der Waals surface area contributed by atoms with Crippen LogP contribution >= 0.6 is 0 Å². The van der Waals surface area contributed by atoms with E-state index in [1.165, 1.54) is 0 Å². The minimum atomic E-state index is -1.45. The lowest BCUT2D eigenvalue weighted by atomic mass is 10.2. The molecule has 4 fully saturated rings. The molecule has 21 nitrogen and oxygen atoms in total. The molecule has 4 heterocycles. The fourth-order valence-corrected chi connectivity index (χ4v) is 4.49. The van der Waals surface area contributed by atoms with Crippen molar-refractivity contribution < 1.29 is 81.4 Å². The van der Waals surface area contributed by atoms with Gasteiger partial charge in [-0.25, -0.2) is 19.5 Å². The van der Waals surface area contributed by atoms with Crippen molar-refractivity contribution in [3.05, 3.63) is 0 Å². The van der Waals surface area contributed by atoms with E-state index in [-0.39, 0.29) is 69.3 Å². The Morgan fingerprint density at radius 2 is 0.796 bits per heavy atom.